The fraction of sp³-hybridized carbons (Fsp3) is 0.391. The largest absolute Gasteiger partial charge is 0.341 e. The molecule has 1 aliphatic carbocycles. The standard InChI is InChI=1S/C23H28N2O2/c1-3-16-9-13-20(14-10-16)24-22(26)23(27)25-21(4-2)19-12-11-17-7-5-6-8-18(17)15-19/h9-15,21H,3-8H2,1-2H3,(H,24,26)(H,25,27). The van der Waals surface area contributed by atoms with Crippen molar-refractivity contribution < 1.29 is 9.59 Å². The van der Waals surface area contributed by atoms with Crippen molar-refractivity contribution >= 4 is 17.5 Å². The number of aryl methyl sites for hydroxylation is 3. The van der Waals surface area contributed by atoms with Crippen molar-refractivity contribution in [3.63, 3.8) is 0 Å². The second-order valence-corrected chi connectivity index (χ2v) is 7.17. The highest BCUT2D eigenvalue weighted by atomic mass is 16.2. The van der Waals surface area contributed by atoms with Crippen LogP contribution >= 0.6 is 0 Å². The van der Waals surface area contributed by atoms with Crippen LogP contribution in [0.5, 0.6) is 0 Å². The van der Waals surface area contributed by atoms with Crippen LogP contribution in [0.2, 0.25) is 0 Å². The van der Waals surface area contributed by atoms with Crippen molar-refractivity contribution in [2.24, 2.45) is 0 Å². The Kier molecular flexibility index (Phi) is 6.28. The van der Waals surface area contributed by atoms with Crippen LogP contribution in [0.4, 0.5) is 5.69 Å². The summed E-state index contributed by atoms with van der Waals surface area (Å²) in [5.74, 6) is -1.23. The number of carbonyl (C=O) groups excluding carboxylic acids is 2. The Morgan fingerprint density at radius 2 is 1.63 bits per heavy atom. The summed E-state index contributed by atoms with van der Waals surface area (Å²) in [6.45, 7) is 4.10. The molecular weight excluding hydrogens is 336 g/mol. The van der Waals surface area contributed by atoms with Crippen LogP contribution in [-0.4, -0.2) is 11.8 Å². The van der Waals surface area contributed by atoms with Crippen molar-refractivity contribution in [2.75, 3.05) is 5.32 Å². The molecule has 2 N–H and O–H groups in total. The van der Waals surface area contributed by atoms with Gasteiger partial charge < -0.3 is 10.6 Å². The lowest BCUT2D eigenvalue weighted by atomic mass is 9.89. The van der Waals surface area contributed by atoms with Gasteiger partial charge in [0.05, 0.1) is 6.04 Å². The van der Waals surface area contributed by atoms with Gasteiger partial charge in [-0.1, -0.05) is 44.2 Å². The lowest BCUT2D eigenvalue weighted by molar-refractivity contribution is -0.136. The van der Waals surface area contributed by atoms with Gasteiger partial charge in [-0.25, -0.2) is 0 Å². The third-order valence-electron chi connectivity index (χ3n) is 5.31. The first-order chi connectivity index (χ1) is 13.1. The number of hydrogen-bond donors (Lipinski definition) is 2. The van der Waals surface area contributed by atoms with E-state index < -0.39 is 11.8 Å². The van der Waals surface area contributed by atoms with E-state index in [1.54, 1.807) is 0 Å². The first-order valence-electron chi connectivity index (χ1n) is 9.93. The number of hydrogen-bond acceptors (Lipinski definition) is 2. The summed E-state index contributed by atoms with van der Waals surface area (Å²) in [6, 6.07) is 13.9. The summed E-state index contributed by atoms with van der Waals surface area (Å²) >= 11 is 0. The summed E-state index contributed by atoms with van der Waals surface area (Å²) in [4.78, 5) is 24.6. The van der Waals surface area contributed by atoms with Crippen LogP contribution in [0.25, 0.3) is 0 Å². The first-order valence-corrected chi connectivity index (χ1v) is 9.93. The zero-order valence-corrected chi connectivity index (χ0v) is 16.2. The van der Waals surface area contributed by atoms with Crippen molar-refractivity contribution in [3.8, 4) is 0 Å². The van der Waals surface area contributed by atoms with E-state index in [9.17, 15) is 9.59 Å². The van der Waals surface area contributed by atoms with E-state index in [1.807, 2.05) is 31.2 Å². The molecule has 0 bridgehead atoms. The van der Waals surface area contributed by atoms with E-state index in [1.165, 1.54) is 29.5 Å². The molecule has 0 saturated heterocycles. The average molecular weight is 364 g/mol. The zero-order chi connectivity index (χ0) is 19.2. The second kappa shape index (κ2) is 8.85. The van der Waals surface area contributed by atoms with Crippen molar-refractivity contribution in [3.05, 3.63) is 64.7 Å². The molecule has 0 saturated carbocycles. The average Bonchev–Trinajstić information content (AvgIpc) is 2.72. The molecule has 2 aromatic carbocycles. The molecule has 142 valence electrons. The Balaban J connectivity index is 1.64. The van der Waals surface area contributed by atoms with Gasteiger partial charge in [-0.2, -0.15) is 0 Å². The molecular formula is C23H28N2O2. The quantitative estimate of drug-likeness (QED) is 0.776. The highest BCUT2D eigenvalue weighted by molar-refractivity contribution is 6.39. The van der Waals surface area contributed by atoms with Gasteiger partial charge in [0.2, 0.25) is 0 Å². The molecule has 3 rings (SSSR count). The highest BCUT2D eigenvalue weighted by Crippen LogP contribution is 2.26. The molecule has 0 aromatic heterocycles. The van der Waals surface area contributed by atoms with Gasteiger partial charge in [0, 0.05) is 5.69 Å². The Bertz CT molecular complexity index is 812. The van der Waals surface area contributed by atoms with Crippen LogP contribution in [0.3, 0.4) is 0 Å². The van der Waals surface area contributed by atoms with Crippen LogP contribution in [0.1, 0.15) is 61.4 Å². The van der Waals surface area contributed by atoms with Gasteiger partial charge in [-0.3, -0.25) is 9.59 Å². The maximum Gasteiger partial charge on any atom is 0.313 e. The van der Waals surface area contributed by atoms with Crippen LogP contribution < -0.4 is 10.6 Å². The number of nitrogens with one attached hydrogen (secondary N) is 2. The van der Waals surface area contributed by atoms with E-state index in [0.29, 0.717) is 5.69 Å². The lowest BCUT2D eigenvalue weighted by Gasteiger charge is -2.21. The zero-order valence-electron chi connectivity index (χ0n) is 16.2. The van der Waals surface area contributed by atoms with E-state index in [4.69, 9.17) is 0 Å². The minimum absolute atomic E-state index is 0.155. The summed E-state index contributed by atoms with van der Waals surface area (Å²) < 4.78 is 0. The van der Waals surface area contributed by atoms with Crippen molar-refractivity contribution in [1.82, 2.24) is 5.32 Å². The highest BCUT2D eigenvalue weighted by Gasteiger charge is 2.20. The van der Waals surface area contributed by atoms with Crippen molar-refractivity contribution in [1.29, 1.82) is 0 Å². The molecule has 0 aliphatic heterocycles. The Labute approximate surface area is 161 Å². The third kappa shape index (κ3) is 4.76. The Hall–Kier alpha value is -2.62. The monoisotopic (exact) mass is 364 g/mol. The van der Waals surface area contributed by atoms with Crippen LogP contribution in [0, 0.1) is 0 Å². The van der Waals surface area contributed by atoms with E-state index in [-0.39, 0.29) is 6.04 Å². The molecule has 2 aromatic rings. The Morgan fingerprint density at radius 1 is 0.926 bits per heavy atom. The van der Waals surface area contributed by atoms with Gasteiger partial charge >= 0.3 is 11.8 Å². The smallest absolute Gasteiger partial charge is 0.313 e. The minimum atomic E-state index is -0.629. The fourth-order valence-electron chi connectivity index (χ4n) is 3.63. The van der Waals surface area contributed by atoms with E-state index >= 15 is 0 Å². The van der Waals surface area contributed by atoms with Crippen LogP contribution in [-0.2, 0) is 28.9 Å². The Morgan fingerprint density at radius 3 is 2.30 bits per heavy atom. The topological polar surface area (TPSA) is 58.2 Å². The number of fused-ring (bicyclic) bond motifs is 1. The summed E-state index contributed by atoms with van der Waals surface area (Å²) in [7, 11) is 0. The number of benzene rings is 2. The van der Waals surface area contributed by atoms with Gasteiger partial charge in [0.1, 0.15) is 0 Å². The minimum Gasteiger partial charge on any atom is -0.341 e. The maximum absolute atomic E-state index is 12.4. The number of anilines is 1. The lowest BCUT2D eigenvalue weighted by Crippen LogP contribution is -2.37. The molecule has 0 fully saturated rings. The van der Waals surface area contributed by atoms with Gasteiger partial charge in [0.25, 0.3) is 0 Å². The molecule has 1 aliphatic rings. The third-order valence-corrected chi connectivity index (χ3v) is 5.31. The SMILES string of the molecule is CCc1ccc(NC(=O)C(=O)NC(CC)c2ccc3c(c2)CCCC3)cc1. The molecule has 27 heavy (non-hydrogen) atoms. The fourth-order valence-corrected chi connectivity index (χ4v) is 3.63. The molecule has 4 nitrogen and oxygen atoms in total. The first kappa shape index (κ1) is 19.2. The molecule has 0 spiro atoms. The molecule has 0 heterocycles. The van der Waals surface area contributed by atoms with Gasteiger partial charge in [0.15, 0.2) is 0 Å². The van der Waals surface area contributed by atoms with Crippen molar-refractivity contribution in [2.45, 2.75) is 58.4 Å². The molecule has 1 atom stereocenters. The predicted molar refractivity (Wildman–Crippen MR) is 109 cm³/mol. The number of carbonyl (C=O) groups is 2. The summed E-state index contributed by atoms with van der Waals surface area (Å²) in [5.41, 5.74) is 5.70. The molecule has 2 amide bonds. The molecule has 1 unspecified atom stereocenters. The van der Waals surface area contributed by atoms with Crippen LogP contribution in [0.15, 0.2) is 42.5 Å². The summed E-state index contributed by atoms with van der Waals surface area (Å²) in [5, 5.41) is 5.55. The molecule has 4 heteroatoms. The predicted octanol–water partition coefficient (Wildman–Crippen LogP) is 4.33. The summed E-state index contributed by atoms with van der Waals surface area (Å²) in [6.07, 6.45) is 6.38. The second-order valence-electron chi connectivity index (χ2n) is 7.17. The van der Waals surface area contributed by atoms with Gasteiger partial charge in [-0.05, 0) is 72.9 Å². The number of rotatable bonds is 5. The molecule has 0 radical (unpaired) electrons. The maximum atomic E-state index is 12.4. The van der Waals surface area contributed by atoms with E-state index in [0.717, 1.165) is 31.2 Å². The van der Waals surface area contributed by atoms with E-state index in [2.05, 4.69) is 35.8 Å². The normalized spacial score (nSPS) is 14.1. The van der Waals surface area contributed by atoms with Gasteiger partial charge in [-0.15, -0.1) is 0 Å². The number of amides is 2.